The predicted molar refractivity (Wildman–Crippen MR) is 266 cm³/mol. The predicted octanol–water partition coefficient (Wildman–Crippen LogP) is 16.4. The van der Waals surface area contributed by atoms with Crippen LogP contribution in [-0.4, -0.2) is 19.6 Å². The minimum Gasteiger partial charge on any atom is -0.507 e. The van der Waals surface area contributed by atoms with E-state index in [9.17, 15) is 6.48 Å². The number of pyridine rings is 1. The van der Waals surface area contributed by atoms with Crippen molar-refractivity contribution in [3.63, 3.8) is 0 Å². The molecule has 0 unspecified atom stereocenters. The molecule has 0 amide bonds. The van der Waals surface area contributed by atoms with E-state index in [1.165, 1.54) is 0 Å². The normalized spacial score (nSPS) is 15.9. The Hall–Kier alpha value is -5.57. The Bertz CT molecular complexity index is 3620. The van der Waals surface area contributed by atoms with E-state index in [1.54, 1.807) is 45.9 Å². The summed E-state index contributed by atoms with van der Waals surface area (Å²) in [4.78, 5) is 9.75. The number of hydrogen-bond donors (Lipinski definition) is 1. The van der Waals surface area contributed by atoms with Crippen LogP contribution in [0.25, 0.3) is 72.7 Å². The van der Waals surface area contributed by atoms with Gasteiger partial charge in [-0.25, -0.2) is 4.98 Å². The van der Waals surface area contributed by atoms with Gasteiger partial charge in [0, 0.05) is 48.2 Å². The Balaban J connectivity index is 0.00000882. The number of fused-ring (bicyclic) bond motifs is 1. The maximum absolute atomic E-state index is 12.3. The average Bonchev–Trinajstić information content (AvgIpc) is 3.77. The summed E-state index contributed by atoms with van der Waals surface area (Å²) in [5.74, 6) is -4.36. The number of rotatable bonds is 10. The summed E-state index contributed by atoms with van der Waals surface area (Å²) < 4.78 is 124. The Kier molecular flexibility index (Phi) is 9.05. The molecule has 330 valence electrons. The van der Waals surface area contributed by atoms with Crippen LogP contribution in [0.5, 0.6) is 5.75 Å². The molecule has 4 nitrogen and oxygen atoms in total. The van der Waals surface area contributed by atoms with Crippen LogP contribution in [0.2, 0.25) is 0 Å². The minimum atomic E-state index is -3.00. The van der Waals surface area contributed by atoms with E-state index in [0.29, 0.717) is 39.0 Å². The molecule has 0 fully saturated rings. The number of benzene rings is 6. The molecule has 0 spiro atoms. The molecule has 0 aliphatic carbocycles. The van der Waals surface area contributed by atoms with Crippen LogP contribution in [0, 0.1) is 12.9 Å². The monoisotopic (exact) mass is 1040 g/mol. The van der Waals surface area contributed by atoms with Gasteiger partial charge in [0.05, 0.1) is 26.2 Å². The van der Waals surface area contributed by atoms with Crippen LogP contribution in [0.15, 0.2) is 127 Å². The van der Waals surface area contributed by atoms with Crippen LogP contribution in [-0.2, 0) is 26.5 Å². The largest absolute Gasteiger partial charge is 0.507 e. The van der Waals surface area contributed by atoms with Crippen molar-refractivity contribution >= 4 is 11.0 Å². The molecule has 1 N–H and O–H groups in total. The van der Waals surface area contributed by atoms with Crippen molar-refractivity contribution in [1.29, 1.82) is 0 Å². The number of phenolic OH excluding ortho intramolecular Hbond substituents is 1. The first kappa shape index (κ1) is 31.3. The third-order valence-electron chi connectivity index (χ3n) is 11.5. The van der Waals surface area contributed by atoms with Crippen LogP contribution in [0.1, 0.15) is 152 Å². The number of hydrogen-bond acceptors (Lipinski definition) is 3. The zero-order valence-corrected chi connectivity index (χ0v) is 40.5. The standard InChI is InChI=1S/C59H62N3O.Pt/c1-35(2)43-32-51(38(7)8)57(63)52(33-43)58-61-56-50(44-29-45(31-46(30-44)59(10,11)12)53-34-42(27-28-60-53)40-21-19-39(9)20-22-40)17-14-18-54(56)62(58)47-25-23-41(24-26-47)55-48(36(3)4)15-13-16-49(55)37(5)6;/h13-28,30-38,63H,1-12H3;/q-1;/i9D3,19D,20D,21D,22D,27D,28D,34D,35D,36D,37D,38D;. The van der Waals surface area contributed by atoms with Gasteiger partial charge in [-0.3, -0.25) is 9.55 Å². The fraction of sp³-hybridized carbons (Fsp3) is 0.288. The van der Waals surface area contributed by atoms with Gasteiger partial charge in [0.25, 0.3) is 0 Å². The Labute approximate surface area is 415 Å². The van der Waals surface area contributed by atoms with Crippen LogP contribution >= 0.6 is 0 Å². The van der Waals surface area contributed by atoms with E-state index < -0.39 is 95.0 Å². The molecule has 0 radical (unpaired) electrons. The number of para-hydroxylation sites is 1. The van der Waals surface area contributed by atoms with Crippen LogP contribution in [0.4, 0.5) is 0 Å². The van der Waals surface area contributed by atoms with Gasteiger partial charge in [-0.15, -0.1) is 29.3 Å². The van der Waals surface area contributed by atoms with Crippen molar-refractivity contribution in [3.8, 4) is 67.5 Å². The molecule has 64 heavy (non-hydrogen) atoms. The fourth-order valence-corrected chi connectivity index (χ4v) is 7.99. The van der Waals surface area contributed by atoms with E-state index >= 15 is 0 Å². The van der Waals surface area contributed by atoms with Gasteiger partial charge in [0.1, 0.15) is 11.6 Å². The molecule has 8 rings (SSSR count). The molecule has 2 aromatic heterocycles. The first-order valence-corrected chi connectivity index (χ1v) is 21.2. The van der Waals surface area contributed by atoms with Gasteiger partial charge in [-0.2, -0.15) is 0 Å². The molecule has 0 aliphatic rings. The number of aromatic hydroxyl groups is 1. The van der Waals surface area contributed by atoms with E-state index in [1.807, 2.05) is 120 Å². The summed E-state index contributed by atoms with van der Waals surface area (Å²) in [7, 11) is 0. The van der Waals surface area contributed by atoms with Gasteiger partial charge in [-0.05, 0) is 111 Å². The second kappa shape index (κ2) is 18.5. The second-order valence-electron chi connectivity index (χ2n) is 18.0. The van der Waals surface area contributed by atoms with E-state index in [2.05, 4.69) is 11.1 Å². The van der Waals surface area contributed by atoms with E-state index in [0.717, 1.165) is 27.8 Å². The molecule has 2 heterocycles. The van der Waals surface area contributed by atoms with Gasteiger partial charge in [-0.1, -0.05) is 172 Å². The fourth-order valence-electron chi connectivity index (χ4n) is 7.99. The third kappa shape index (κ3) is 9.05. The SMILES string of the molecule is [2H]c1nc(-c2[c-]c(-c3cccc4c3nc(-c3cc(C([2H])(C)C)cc(C([2H])(C)C)c3O)n4-c3ccc(-c4c(C([2H])(C)C)cccc4C([2H])(C)C)cc3)cc(C(C)(C)C)c2)c([2H])c(-c2c([2H])c([2H])c(C([2H])([2H])[2H])c([2H])c2[2H])c1[2H].[Pt]. The maximum atomic E-state index is 12.3. The zero-order valence-electron chi connectivity index (χ0n) is 52.2. The Morgan fingerprint density at radius 1 is 0.688 bits per heavy atom. The topological polar surface area (TPSA) is 50.9 Å². The van der Waals surface area contributed by atoms with Crippen molar-refractivity contribution in [2.75, 3.05) is 0 Å². The van der Waals surface area contributed by atoms with Crippen LogP contribution in [0.3, 0.4) is 0 Å². The summed E-state index contributed by atoms with van der Waals surface area (Å²) in [5, 5.41) is 12.3. The molecule has 8 aromatic rings. The first-order valence-electron chi connectivity index (χ1n) is 28.2. The van der Waals surface area contributed by atoms with Gasteiger partial charge in [0.15, 0.2) is 0 Å². The van der Waals surface area contributed by atoms with Gasteiger partial charge >= 0.3 is 0 Å². The minimum absolute atomic E-state index is 0. The average molecular weight is 1040 g/mol. The van der Waals surface area contributed by atoms with Gasteiger partial charge in [0.2, 0.25) is 0 Å². The second-order valence-corrected chi connectivity index (χ2v) is 18.0. The van der Waals surface area contributed by atoms with E-state index in [4.69, 9.17) is 22.8 Å². The summed E-state index contributed by atoms with van der Waals surface area (Å²) in [6.45, 7) is 17.0. The van der Waals surface area contributed by atoms with Crippen LogP contribution < -0.4 is 0 Å². The molecule has 6 aromatic carbocycles. The molecular formula is C59H62N3OPt-. The Morgan fingerprint density at radius 3 is 1.94 bits per heavy atom. The number of nitrogens with zero attached hydrogens (tertiary/aromatic N) is 3. The zero-order chi connectivity index (χ0) is 57.2. The number of phenols is 1. The van der Waals surface area contributed by atoms with Gasteiger partial charge < -0.3 is 5.11 Å². The Morgan fingerprint density at radius 2 is 1.33 bits per heavy atom. The van der Waals surface area contributed by atoms with Crippen molar-refractivity contribution in [1.82, 2.24) is 14.5 Å². The smallest absolute Gasteiger partial charge is 0.148 e. The van der Waals surface area contributed by atoms with Crippen molar-refractivity contribution < 1.29 is 45.4 Å². The summed E-state index contributed by atoms with van der Waals surface area (Å²) in [6, 6.07) is 25.1. The number of aromatic nitrogens is 3. The molecule has 0 atom stereocenters. The maximum Gasteiger partial charge on any atom is 0.148 e. The van der Waals surface area contributed by atoms with Crippen molar-refractivity contribution in [2.45, 2.75) is 112 Å². The summed E-state index contributed by atoms with van der Waals surface area (Å²) in [6.07, 6.45) is -0.630. The summed E-state index contributed by atoms with van der Waals surface area (Å²) in [5.41, 5.74) is 5.36. The van der Waals surface area contributed by atoms with Crippen molar-refractivity contribution in [2.24, 2.45) is 0 Å². The molecular weight excluding hydrogens is 962 g/mol. The van der Waals surface area contributed by atoms with E-state index in [-0.39, 0.29) is 49.5 Å². The first-order chi connectivity index (χ1) is 35.3. The molecule has 0 saturated heterocycles. The van der Waals surface area contributed by atoms with Crippen molar-refractivity contribution in [3.05, 3.63) is 167 Å². The third-order valence-corrected chi connectivity index (χ3v) is 11.5. The molecule has 0 aliphatic heterocycles. The molecule has 5 heteroatoms. The molecule has 0 saturated carbocycles. The molecule has 0 bridgehead atoms. The summed E-state index contributed by atoms with van der Waals surface area (Å²) >= 11 is 0. The number of imidazole rings is 1. The quantitative estimate of drug-likeness (QED) is 0.139.